The van der Waals surface area contributed by atoms with Crippen molar-refractivity contribution in [1.82, 2.24) is 0 Å². The first-order chi connectivity index (χ1) is 9.24. The van der Waals surface area contributed by atoms with Gasteiger partial charge in [-0.2, -0.15) is 0 Å². The number of allylic oxidation sites excluding steroid dienone is 1. The van der Waals surface area contributed by atoms with Crippen LogP contribution in [0.3, 0.4) is 0 Å². The van der Waals surface area contributed by atoms with E-state index in [1.807, 2.05) is 60.7 Å². The van der Waals surface area contributed by atoms with Crippen molar-refractivity contribution in [3.05, 3.63) is 71.8 Å². The predicted molar refractivity (Wildman–Crippen MR) is 79.7 cm³/mol. The largest absolute Gasteiger partial charge is 0.399 e. The first kappa shape index (κ1) is 13.1. The first-order valence-corrected chi connectivity index (χ1v) is 6.34. The van der Waals surface area contributed by atoms with Crippen molar-refractivity contribution in [1.29, 1.82) is 0 Å². The fourth-order valence-electron chi connectivity index (χ4n) is 1.79. The van der Waals surface area contributed by atoms with Crippen LogP contribution in [0.15, 0.2) is 60.7 Å². The van der Waals surface area contributed by atoms with Crippen LogP contribution in [-0.4, -0.2) is 5.78 Å². The van der Waals surface area contributed by atoms with Crippen LogP contribution < -0.4 is 5.73 Å². The van der Waals surface area contributed by atoms with Crippen molar-refractivity contribution in [2.45, 2.75) is 12.8 Å². The lowest BCUT2D eigenvalue weighted by atomic mass is 10.1. The van der Waals surface area contributed by atoms with E-state index in [0.717, 1.165) is 23.2 Å². The maximum absolute atomic E-state index is 11.7. The van der Waals surface area contributed by atoms with Gasteiger partial charge in [0.15, 0.2) is 5.78 Å². The Morgan fingerprint density at radius 3 is 2.37 bits per heavy atom. The van der Waals surface area contributed by atoms with Crippen LogP contribution in [-0.2, 0) is 11.2 Å². The lowest BCUT2D eigenvalue weighted by molar-refractivity contribution is -0.114. The van der Waals surface area contributed by atoms with Gasteiger partial charge < -0.3 is 5.73 Å². The summed E-state index contributed by atoms with van der Waals surface area (Å²) in [6.07, 6.45) is 4.77. The third-order valence-electron chi connectivity index (χ3n) is 2.90. The van der Waals surface area contributed by atoms with Gasteiger partial charge in [0.05, 0.1) is 0 Å². The van der Waals surface area contributed by atoms with Gasteiger partial charge in [-0.05, 0) is 35.8 Å². The molecule has 0 aliphatic rings. The number of carbonyl (C=O) groups is 1. The Morgan fingerprint density at radius 1 is 1.00 bits per heavy atom. The van der Waals surface area contributed by atoms with Crippen molar-refractivity contribution in [2.24, 2.45) is 0 Å². The van der Waals surface area contributed by atoms with Crippen LogP contribution in [0.25, 0.3) is 6.08 Å². The Labute approximate surface area is 113 Å². The second kappa shape index (κ2) is 6.55. The molecule has 2 aromatic carbocycles. The summed E-state index contributed by atoms with van der Waals surface area (Å²) in [5.41, 5.74) is 8.55. The summed E-state index contributed by atoms with van der Waals surface area (Å²) in [4.78, 5) is 11.7. The van der Waals surface area contributed by atoms with Gasteiger partial charge in [-0.1, -0.05) is 48.5 Å². The zero-order valence-electron chi connectivity index (χ0n) is 10.8. The molecule has 0 saturated carbocycles. The third kappa shape index (κ3) is 4.43. The second-order valence-corrected chi connectivity index (χ2v) is 4.45. The molecule has 96 valence electrons. The van der Waals surface area contributed by atoms with Crippen LogP contribution in [0.4, 0.5) is 5.69 Å². The molecule has 0 bridgehead atoms. The lowest BCUT2D eigenvalue weighted by Gasteiger charge is -1.99. The number of ketones is 1. The Balaban J connectivity index is 1.85. The summed E-state index contributed by atoms with van der Waals surface area (Å²) in [6, 6.07) is 17.5. The molecule has 2 rings (SSSR count). The van der Waals surface area contributed by atoms with Gasteiger partial charge >= 0.3 is 0 Å². The standard InChI is InChI=1S/C17H17NO/c18-16-10-6-15(7-11-16)9-13-17(19)12-8-14-4-2-1-3-5-14/h1-8,10-12H,9,13,18H2/b12-8+. The topological polar surface area (TPSA) is 43.1 Å². The van der Waals surface area contributed by atoms with E-state index in [0.29, 0.717) is 6.42 Å². The number of hydrogen-bond donors (Lipinski definition) is 1. The number of carbonyl (C=O) groups excluding carboxylic acids is 1. The van der Waals surface area contributed by atoms with Gasteiger partial charge in [0.2, 0.25) is 0 Å². The average Bonchev–Trinajstić information content (AvgIpc) is 2.45. The van der Waals surface area contributed by atoms with E-state index in [2.05, 4.69) is 0 Å². The number of aryl methyl sites for hydroxylation is 1. The monoisotopic (exact) mass is 251 g/mol. The van der Waals surface area contributed by atoms with Crippen LogP contribution >= 0.6 is 0 Å². The summed E-state index contributed by atoms with van der Waals surface area (Å²) in [7, 11) is 0. The number of nitrogen functional groups attached to an aromatic ring is 1. The maximum atomic E-state index is 11.7. The highest BCUT2D eigenvalue weighted by Crippen LogP contribution is 2.08. The lowest BCUT2D eigenvalue weighted by Crippen LogP contribution is -1.96. The zero-order chi connectivity index (χ0) is 13.5. The van der Waals surface area contributed by atoms with E-state index in [1.54, 1.807) is 6.08 Å². The fourth-order valence-corrected chi connectivity index (χ4v) is 1.79. The number of benzene rings is 2. The van der Waals surface area contributed by atoms with E-state index >= 15 is 0 Å². The molecule has 0 unspecified atom stereocenters. The SMILES string of the molecule is Nc1ccc(CCC(=O)/C=C/c2ccccc2)cc1. The minimum Gasteiger partial charge on any atom is -0.399 e. The molecule has 0 aromatic heterocycles. The van der Waals surface area contributed by atoms with Gasteiger partial charge in [-0.3, -0.25) is 4.79 Å². The molecule has 0 heterocycles. The Hall–Kier alpha value is -2.35. The summed E-state index contributed by atoms with van der Waals surface area (Å²) >= 11 is 0. The van der Waals surface area contributed by atoms with E-state index < -0.39 is 0 Å². The molecule has 0 spiro atoms. The molecule has 19 heavy (non-hydrogen) atoms. The van der Waals surface area contributed by atoms with Gasteiger partial charge in [0, 0.05) is 12.1 Å². The average molecular weight is 251 g/mol. The smallest absolute Gasteiger partial charge is 0.156 e. The first-order valence-electron chi connectivity index (χ1n) is 6.34. The van der Waals surface area contributed by atoms with Crippen molar-refractivity contribution in [3.8, 4) is 0 Å². The van der Waals surface area contributed by atoms with Gasteiger partial charge in [-0.25, -0.2) is 0 Å². The minimum atomic E-state index is 0.140. The van der Waals surface area contributed by atoms with Crippen molar-refractivity contribution < 1.29 is 4.79 Å². The summed E-state index contributed by atoms with van der Waals surface area (Å²) < 4.78 is 0. The highest BCUT2D eigenvalue weighted by atomic mass is 16.1. The van der Waals surface area contributed by atoms with Gasteiger partial charge in [0.25, 0.3) is 0 Å². The summed E-state index contributed by atoms with van der Waals surface area (Å²) in [5.74, 6) is 0.140. The predicted octanol–water partition coefficient (Wildman–Crippen LogP) is 3.48. The third-order valence-corrected chi connectivity index (χ3v) is 2.90. The van der Waals surface area contributed by atoms with Crippen LogP contribution in [0.1, 0.15) is 17.5 Å². The molecule has 2 N–H and O–H groups in total. The van der Waals surface area contributed by atoms with E-state index in [4.69, 9.17) is 5.73 Å². The molecule has 2 nitrogen and oxygen atoms in total. The second-order valence-electron chi connectivity index (χ2n) is 4.45. The summed E-state index contributed by atoms with van der Waals surface area (Å²) in [6.45, 7) is 0. The molecule has 0 radical (unpaired) electrons. The quantitative estimate of drug-likeness (QED) is 0.653. The van der Waals surface area contributed by atoms with Crippen LogP contribution in [0, 0.1) is 0 Å². The number of rotatable bonds is 5. The van der Waals surface area contributed by atoms with Gasteiger partial charge in [0.1, 0.15) is 0 Å². The number of anilines is 1. The Kier molecular flexibility index (Phi) is 4.51. The molecular weight excluding hydrogens is 234 g/mol. The van der Waals surface area contributed by atoms with E-state index in [-0.39, 0.29) is 5.78 Å². The fraction of sp³-hybridized carbons (Fsp3) is 0.118. The highest BCUT2D eigenvalue weighted by molar-refractivity contribution is 5.93. The van der Waals surface area contributed by atoms with Crippen molar-refractivity contribution in [2.75, 3.05) is 5.73 Å². The Bertz CT molecular complexity index is 556. The van der Waals surface area contributed by atoms with Gasteiger partial charge in [-0.15, -0.1) is 0 Å². The highest BCUT2D eigenvalue weighted by Gasteiger charge is 1.99. The molecule has 0 fully saturated rings. The van der Waals surface area contributed by atoms with E-state index in [1.165, 1.54) is 0 Å². The molecule has 0 amide bonds. The van der Waals surface area contributed by atoms with Crippen LogP contribution in [0.2, 0.25) is 0 Å². The maximum Gasteiger partial charge on any atom is 0.156 e. The molecule has 2 aromatic rings. The molecule has 2 heteroatoms. The van der Waals surface area contributed by atoms with E-state index in [9.17, 15) is 4.79 Å². The Morgan fingerprint density at radius 2 is 1.68 bits per heavy atom. The molecule has 0 aliphatic carbocycles. The van der Waals surface area contributed by atoms with Crippen molar-refractivity contribution >= 4 is 17.5 Å². The minimum absolute atomic E-state index is 0.140. The summed E-state index contributed by atoms with van der Waals surface area (Å²) in [5, 5.41) is 0. The molecular formula is C17H17NO. The van der Waals surface area contributed by atoms with Crippen molar-refractivity contribution in [3.63, 3.8) is 0 Å². The normalized spacial score (nSPS) is 10.7. The zero-order valence-corrected chi connectivity index (χ0v) is 10.8. The number of nitrogens with two attached hydrogens (primary N) is 1. The molecule has 0 aliphatic heterocycles. The molecule has 0 saturated heterocycles. The van der Waals surface area contributed by atoms with Crippen LogP contribution in [0.5, 0.6) is 0 Å². The molecule has 0 atom stereocenters. The number of hydrogen-bond acceptors (Lipinski definition) is 2.